The van der Waals surface area contributed by atoms with Crippen LogP contribution in [-0.2, 0) is 0 Å². The molecule has 0 radical (unpaired) electrons. The van der Waals surface area contributed by atoms with Crippen LogP contribution in [0.3, 0.4) is 0 Å². The van der Waals surface area contributed by atoms with Gasteiger partial charge in [-0.05, 0) is 57.7 Å². The van der Waals surface area contributed by atoms with Gasteiger partial charge >= 0.3 is 0 Å². The number of nitrogens with two attached hydrogens (primary N) is 1. The van der Waals surface area contributed by atoms with Crippen molar-refractivity contribution in [1.29, 1.82) is 0 Å². The Labute approximate surface area is 119 Å². The molecule has 0 aromatic heterocycles. The lowest BCUT2D eigenvalue weighted by molar-refractivity contribution is 0.120. The Kier molecular flexibility index (Phi) is 6.11. The molecule has 3 nitrogen and oxygen atoms in total. The lowest BCUT2D eigenvalue weighted by Gasteiger charge is -2.38. The number of likely N-dealkylation sites (tertiary alicyclic amines) is 1. The van der Waals surface area contributed by atoms with Gasteiger partial charge < -0.3 is 15.5 Å². The summed E-state index contributed by atoms with van der Waals surface area (Å²) in [5.41, 5.74) is 6.08. The molecule has 0 aromatic carbocycles. The van der Waals surface area contributed by atoms with E-state index in [1.165, 1.54) is 64.7 Å². The van der Waals surface area contributed by atoms with E-state index in [-0.39, 0.29) is 0 Å². The van der Waals surface area contributed by atoms with E-state index in [0.717, 1.165) is 18.4 Å². The minimum absolute atomic E-state index is 0.602. The Balaban J connectivity index is 1.78. The lowest BCUT2D eigenvalue weighted by Crippen LogP contribution is -2.47. The maximum Gasteiger partial charge on any atom is 0.0244 e. The summed E-state index contributed by atoms with van der Waals surface area (Å²) in [4.78, 5) is 5.15. The van der Waals surface area contributed by atoms with Crippen molar-refractivity contribution >= 4 is 0 Å². The van der Waals surface area contributed by atoms with Crippen LogP contribution in [-0.4, -0.2) is 55.6 Å². The summed E-state index contributed by atoms with van der Waals surface area (Å²) < 4.78 is 0. The van der Waals surface area contributed by atoms with Crippen molar-refractivity contribution in [3.63, 3.8) is 0 Å². The standard InChI is InChI=1S/C16H33N3/c1-14-6-5-7-15(12-14)16(13-17)18(2)10-11-19-8-3-4-9-19/h14-16H,3-13,17H2,1-2H3. The molecule has 1 saturated carbocycles. The molecule has 1 aliphatic heterocycles. The molecule has 0 aromatic rings. The van der Waals surface area contributed by atoms with Gasteiger partial charge in [0.1, 0.15) is 0 Å². The second kappa shape index (κ2) is 7.61. The average Bonchev–Trinajstić information content (AvgIpc) is 2.90. The Morgan fingerprint density at radius 3 is 2.58 bits per heavy atom. The summed E-state index contributed by atoms with van der Waals surface area (Å²) in [6, 6.07) is 0.602. The fourth-order valence-electron chi connectivity index (χ4n) is 4.03. The molecule has 0 spiro atoms. The van der Waals surface area contributed by atoms with Crippen LogP contribution in [0.2, 0.25) is 0 Å². The molecular weight excluding hydrogens is 234 g/mol. The van der Waals surface area contributed by atoms with Gasteiger partial charge in [-0.2, -0.15) is 0 Å². The summed E-state index contributed by atoms with van der Waals surface area (Å²) in [6.07, 6.45) is 8.39. The second-order valence-electron chi connectivity index (χ2n) is 6.86. The van der Waals surface area contributed by atoms with E-state index in [1.54, 1.807) is 0 Å². The van der Waals surface area contributed by atoms with Gasteiger partial charge in [0.25, 0.3) is 0 Å². The first-order chi connectivity index (χ1) is 9.20. The molecule has 3 atom stereocenters. The lowest BCUT2D eigenvalue weighted by atomic mass is 9.78. The molecule has 112 valence electrons. The minimum Gasteiger partial charge on any atom is -0.329 e. The minimum atomic E-state index is 0.602. The van der Waals surface area contributed by atoms with Crippen molar-refractivity contribution in [2.75, 3.05) is 39.8 Å². The van der Waals surface area contributed by atoms with Crippen LogP contribution in [0.25, 0.3) is 0 Å². The first-order valence-electron chi connectivity index (χ1n) is 8.33. The molecule has 1 heterocycles. The Morgan fingerprint density at radius 2 is 1.95 bits per heavy atom. The van der Waals surface area contributed by atoms with Gasteiger partial charge in [-0.25, -0.2) is 0 Å². The fourth-order valence-corrected chi connectivity index (χ4v) is 4.03. The maximum absolute atomic E-state index is 6.08. The van der Waals surface area contributed by atoms with Crippen LogP contribution < -0.4 is 5.73 Å². The third-order valence-corrected chi connectivity index (χ3v) is 5.30. The van der Waals surface area contributed by atoms with E-state index in [4.69, 9.17) is 5.73 Å². The van der Waals surface area contributed by atoms with Crippen LogP contribution in [0.4, 0.5) is 0 Å². The van der Waals surface area contributed by atoms with Gasteiger partial charge in [0.05, 0.1) is 0 Å². The summed E-state index contributed by atoms with van der Waals surface area (Å²) in [6.45, 7) is 8.27. The number of rotatable bonds is 6. The second-order valence-corrected chi connectivity index (χ2v) is 6.86. The fraction of sp³-hybridized carbons (Fsp3) is 1.00. The zero-order valence-electron chi connectivity index (χ0n) is 13.0. The van der Waals surface area contributed by atoms with E-state index in [9.17, 15) is 0 Å². The van der Waals surface area contributed by atoms with Gasteiger partial charge in [-0.1, -0.05) is 19.8 Å². The first kappa shape index (κ1) is 15.3. The molecule has 2 aliphatic rings. The first-order valence-corrected chi connectivity index (χ1v) is 8.33. The van der Waals surface area contributed by atoms with Gasteiger partial charge in [0.15, 0.2) is 0 Å². The Morgan fingerprint density at radius 1 is 1.21 bits per heavy atom. The van der Waals surface area contributed by atoms with Gasteiger partial charge in [-0.3, -0.25) is 0 Å². The van der Waals surface area contributed by atoms with Crippen molar-refractivity contribution in [2.45, 2.75) is 51.5 Å². The highest BCUT2D eigenvalue weighted by Crippen LogP contribution is 2.32. The molecule has 0 amide bonds. The molecule has 2 N–H and O–H groups in total. The van der Waals surface area contributed by atoms with Crippen LogP contribution in [0.15, 0.2) is 0 Å². The van der Waals surface area contributed by atoms with Gasteiger partial charge in [0, 0.05) is 25.7 Å². The summed E-state index contributed by atoms with van der Waals surface area (Å²) in [7, 11) is 2.28. The maximum atomic E-state index is 6.08. The highest BCUT2D eigenvalue weighted by molar-refractivity contribution is 4.83. The van der Waals surface area contributed by atoms with E-state index >= 15 is 0 Å². The summed E-state index contributed by atoms with van der Waals surface area (Å²) in [5, 5.41) is 0. The summed E-state index contributed by atoms with van der Waals surface area (Å²) >= 11 is 0. The van der Waals surface area contributed by atoms with Crippen LogP contribution >= 0.6 is 0 Å². The Hall–Kier alpha value is -0.120. The number of hydrogen-bond donors (Lipinski definition) is 1. The van der Waals surface area contributed by atoms with E-state index in [1.807, 2.05) is 0 Å². The Bertz CT molecular complexity index is 250. The number of likely N-dealkylation sites (N-methyl/N-ethyl adjacent to an activating group) is 1. The van der Waals surface area contributed by atoms with Crippen molar-refractivity contribution in [1.82, 2.24) is 9.80 Å². The van der Waals surface area contributed by atoms with Crippen LogP contribution in [0.5, 0.6) is 0 Å². The molecule has 1 aliphatic carbocycles. The van der Waals surface area contributed by atoms with Crippen molar-refractivity contribution in [2.24, 2.45) is 17.6 Å². The molecule has 1 saturated heterocycles. The van der Waals surface area contributed by atoms with Gasteiger partial charge in [0.2, 0.25) is 0 Å². The van der Waals surface area contributed by atoms with Crippen LogP contribution in [0.1, 0.15) is 45.4 Å². The quantitative estimate of drug-likeness (QED) is 0.800. The van der Waals surface area contributed by atoms with Crippen molar-refractivity contribution in [3.05, 3.63) is 0 Å². The van der Waals surface area contributed by atoms with E-state index in [0.29, 0.717) is 6.04 Å². The predicted molar refractivity (Wildman–Crippen MR) is 82.3 cm³/mol. The topological polar surface area (TPSA) is 32.5 Å². The predicted octanol–water partition coefficient (Wildman–Crippen LogP) is 2.17. The zero-order valence-corrected chi connectivity index (χ0v) is 13.0. The monoisotopic (exact) mass is 267 g/mol. The molecular formula is C16H33N3. The highest BCUT2D eigenvalue weighted by Gasteiger charge is 2.28. The normalized spacial score (nSPS) is 30.9. The highest BCUT2D eigenvalue weighted by atomic mass is 15.2. The third kappa shape index (κ3) is 4.44. The van der Waals surface area contributed by atoms with Gasteiger partial charge in [-0.15, -0.1) is 0 Å². The van der Waals surface area contributed by atoms with E-state index in [2.05, 4.69) is 23.8 Å². The molecule has 2 rings (SSSR count). The molecule has 19 heavy (non-hydrogen) atoms. The SMILES string of the molecule is CC1CCCC(C(CN)N(C)CCN2CCCC2)C1. The van der Waals surface area contributed by atoms with E-state index < -0.39 is 0 Å². The zero-order chi connectivity index (χ0) is 13.7. The van der Waals surface area contributed by atoms with Crippen molar-refractivity contribution in [3.8, 4) is 0 Å². The molecule has 3 heteroatoms. The smallest absolute Gasteiger partial charge is 0.0244 e. The van der Waals surface area contributed by atoms with Crippen LogP contribution in [0, 0.1) is 11.8 Å². The number of nitrogens with zero attached hydrogens (tertiary/aromatic N) is 2. The largest absolute Gasteiger partial charge is 0.329 e. The van der Waals surface area contributed by atoms with Crippen molar-refractivity contribution < 1.29 is 0 Å². The summed E-state index contributed by atoms with van der Waals surface area (Å²) in [5.74, 6) is 1.73. The average molecular weight is 267 g/mol. The third-order valence-electron chi connectivity index (χ3n) is 5.30. The molecule has 0 bridgehead atoms. The number of hydrogen-bond acceptors (Lipinski definition) is 3. The molecule has 3 unspecified atom stereocenters. The molecule has 2 fully saturated rings.